The van der Waals surface area contributed by atoms with Crippen molar-refractivity contribution in [2.45, 2.75) is 13.0 Å². The van der Waals surface area contributed by atoms with Crippen LogP contribution in [0.4, 0.5) is 0 Å². The van der Waals surface area contributed by atoms with E-state index in [-0.39, 0.29) is 0 Å². The van der Waals surface area contributed by atoms with Gasteiger partial charge in [-0.1, -0.05) is 48.5 Å². The maximum Gasteiger partial charge on any atom is 0.149 e. The monoisotopic (exact) mass is 318 g/mol. The van der Waals surface area contributed by atoms with Gasteiger partial charge in [0.1, 0.15) is 17.6 Å². The molecule has 5 heteroatoms. The number of aromatic nitrogens is 1. The number of rotatable bonds is 2. The Labute approximate surface area is 140 Å². The molecule has 0 saturated carbocycles. The van der Waals surface area contributed by atoms with E-state index in [1.165, 1.54) is 5.06 Å². The van der Waals surface area contributed by atoms with Crippen molar-refractivity contribution in [1.82, 2.24) is 9.63 Å². The van der Waals surface area contributed by atoms with Crippen LogP contribution in [-0.4, -0.2) is 26.4 Å². The standard InChI is InChI=1S/C19H18N4O/c1-13-20-21-18(14-8-4-3-5-9-14)19(23(13)24)16-12-22(2)17-11-7-6-10-15(16)17/h3-12,19,24H,1-2H3/t19-/m1/s1. The Morgan fingerprint density at radius 3 is 2.46 bits per heavy atom. The quantitative estimate of drug-likeness (QED) is 0.782. The van der Waals surface area contributed by atoms with Crippen LogP contribution < -0.4 is 0 Å². The van der Waals surface area contributed by atoms with Crippen LogP contribution in [0.5, 0.6) is 0 Å². The van der Waals surface area contributed by atoms with Crippen LogP contribution >= 0.6 is 0 Å². The van der Waals surface area contributed by atoms with Gasteiger partial charge in [-0.2, -0.15) is 5.10 Å². The smallest absolute Gasteiger partial charge is 0.149 e. The van der Waals surface area contributed by atoms with Crippen molar-refractivity contribution in [3.8, 4) is 0 Å². The largest absolute Gasteiger partial charge is 0.350 e. The molecule has 2 heterocycles. The van der Waals surface area contributed by atoms with Crippen LogP contribution in [0, 0.1) is 0 Å². The number of amidine groups is 1. The fourth-order valence-corrected chi connectivity index (χ4v) is 3.22. The molecule has 24 heavy (non-hydrogen) atoms. The Bertz CT molecular complexity index is 956. The second-order valence-electron chi connectivity index (χ2n) is 5.96. The highest BCUT2D eigenvalue weighted by atomic mass is 16.5. The fourth-order valence-electron chi connectivity index (χ4n) is 3.22. The number of hydrogen-bond acceptors (Lipinski definition) is 4. The van der Waals surface area contributed by atoms with Gasteiger partial charge in [0, 0.05) is 35.3 Å². The van der Waals surface area contributed by atoms with Gasteiger partial charge < -0.3 is 4.57 Å². The summed E-state index contributed by atoms with van der Waals surface area (Å²) in [5.74, 6) is 0.479. The van der Waals surface area contributed by atoms with Gasteiger partial charge in [-0.3, -0.25) is 5.21 Å². The summed E-state index contributed by atoms with van der Waals surface area (Å²) >= 11 is 0. The minimum atomic E-state index is -0.393. The van der Waals surface area contributed by atoms with Gasteiger partial charge in [0.2, 0.25) is 0 Å². The topological polar surface area (TPSA) is 53.1 Å². The molecule has 5 nitrogen and oxygen atoms in total. The van der Waals surface area contributed by atoms with Crippen LogP contribution in [0.1, 0.15) is 24.1 Å². The number of fused-ring (bicyclic) bond motifs is 1. The molecule has 1 aliphatic heterocycles. The molecular formula is C19H18N4O. The van der Waals surface area contributed by atoms with Gasteiger partial charge in [-0.25, -0.2) is 5.06 Å². The molecule has 0 bridgehead atoms. The lowest BCUT2D eigenvalue weighted by molar-refractivity contribution is -0.0357. The van der Waals surface area contributed by atoms with E-state index in [1.54, 1.807) is 6.92 Å². The Morgan fingerprint density at radius 2 is 1.67 bits per heavy atom. The second-order valence-corrected chi connectivity index (χ2v) is 5.96. The fraction of sp³-hybridized carbons (Fsp3) is 0.158. The molecule has 0 radical (unpaired) electrons. The van der Waals surface area contributed by atoms with E-state index in [0.717, 1.165) is 27.7 Å². The molecular weight excluding hydrogens is 300 g/mol. The first-order valence-electron chi connectivity index (χ1n) is 7.86. The molecule has 4 rings (SSSR count). The van der Waals surface area contributed by atoms with E-state index in [0.29, 0.717) is 5.84 Å². The third kappa shape index (κ3) is 2.21. The molecule has 1 atom stereocenters. The second kappa shape index (κ2) is 5.62. The number of benzene rings is 2. The zero-order valence-electron chi connectivity index (χ0n) is 13.6. The van der Waals surface area contributed by atoms with Crippen molar-refractivity contribution in [2.24, 2.45) is 17.3 Å². The third-order valence-corrected chi connectivity index (χ3v) is 4.43. The molecule has 2 aromatic carbocycles. The lowest BCUT2D eigenvalue weighted by Gasteiger charge is -2.30. The number of nitrogens with zero attached hydrogens (tertiary/aromatic N) is 4. The lowest BCUT2D eigenvalue weighted by atomic mass is 9.95. The molecule has 0 aliphatic carbocycles. The number of hydroxylamine groups is 2. The Hall–Kier alpha value is -2.92. The first-order chi connectivity index (χ1) is 11.7. The summed E-state index contributed by atoms with van der Waals surface area (Å²) in [4.78, 5) is 0. The van der Waals surface area contributed by atoms with Gasteiger partial charge >= 0.3 is 0 Å². The Kier molecular flexibility index (Phi) is 3.43. The lowest BCUT2D eigenvalue weighted by Crippen LogP contribution is -2.37. The predicted molar refractivity (Wildman–Crippen MR) is 95.4 cm³/mol. The number of aryl methyl sites for hydroxylation is 1. The third-order valence-electron chi connectivity index (χ3n) is 4.43. The van der Waals surface area contributed by atoms with E-state index >= 15 is 0 Å². The first-order valence-corrected chi connectivity index (χ1v) is 7.86. The minimum Gasteiger partial charge on any atom is -0.350 e. The molecule has 0 unspecified atom stereocenters. The summed E-state index contributed by atoms with van der Waals surface area (Å²) < 4.78 is 2.07. The minimum absolute atomic E-state index is 0.393. The van der Waals surface area contributed by atoms with Gasteiger partial charge in [-0.15, -0.1) is 5.10 Å². The molecule has 0 saturated heterocycles. The van der Waals surface area contributed by atoms with E-state index < -0.39 is 6.04 Å². The molecule has 1 aromatic heterocycles. The average Bonchev–Trinajstić information content (AvgIpc) is 2.95. The number of para-hydroxylation sites is 1. The maximum atomic E-state index is 10.7. The summed E-state index contributed by atoms with van der Waals surface area (Å²) in [6, 6.07) is 17.6. The molecule has 1 aliphatic rings. The van der Waals surface area contributed by atoms with Crippen molar-refractivity contribution >= 4 is 22.5 Å². The van der Waals surface area contributed by atoms with Crippen LogP contribution in [0.3, 0.4) is 0 Å². The van der Waals surface area contributed by atoms with E-state index in [1.807, 2.05) is 49.5 Å². The summed E-state index contributed by atoms with van der Waals surface area (Å²) in [5.41, 5.74) is 3.81. The van der Waals surface area contributed by atoms with Gasteiger partial charge in [0.05, 0.1) is 0 Å². The molecule has 0 fully saturated rings. The predicted octanol–water partition coefficient (Wildman–Crippen LogP) is 3.75. The summed E-state index contributed by atoms with van der Waals surface area (Å²) in [6.45, 7) is 1.75. The zero-order chi connectivity index (χ0) is 16.7. The van der Waals surface area contributed by atoms with E-state index in [2.05, 4.69) is 33.1 Å². The maximum absolute atomic E-state index is 10.7. The normalized spacial score (nSPS) is 17.8. The van der Waals surface area contributed by atoms with Gasteiger partial charge in [-0.05, 0) is 13.0 Å². The van der Waals surface area contributed by atoms with Crippen molar-refractivity contribution in [2.75, 3.05) is 0 Å². The van der Waals surface area contributed by atoms with Crippen LogP contribution in [0.25, 0.3) is 10.9 Å². The van der Waals surface area contributed by atoms with Crippen LogP contribution in [0.2, 0.25) is 0 Å². The molecule has 1 N–H and O–H groups in total. The Balaban J connectivity index is 1.93. The number of hydrogen-bond donors (Lipinski definition) is 1. The molecule has 0 amide bonds. The van der Waals surface area contributed by atoms with Gasteiger partial charge in [0.25, 0.3) is 0 Å². The van der Waals surface area contributed by atoms with Gasteiger partial charge in [0.15, 0.2) is 0 Å². The SMILES string of the molecule is CC1=NN=C(c2ccccc2)[C@@H](c2cn(C)c3ccccc23)N1O. The first kappa shape index (κ1) is 14.7. The average molecular weight is 318 g/mol. The summed E-state index contributed by atoms with van der Waals surface area (Å²) in [7, 11) is 2.01. The molecule has 3 aromatic rings. The van der Waals surface area contributed by atoms with Crippen LogP contribution in [0.15, 0.2) is 71.0 Å². The van der Waals surface area contributed by atoms with Crippen LogP contribution in [-0.2, 0) is 7.05 Å². The summed E-state index contributed by atoms with van der Waals surface area (Å²) in [6.07, 6.45) is 2.05. The Morgan fingerprint density at radius 1 is 0.958 bits per heavy atom. The van der Waals surface area contributed by atoms with E-state index in [9.17, 15) is 5.21 Å². The molecule has 120 valence electrons. The highest BCUT2D eigenvalue weighted by Crippen LogP contribution is 2.33. The van der Waals surface area contributed by atoms with Crippen molar-refractivity contribution < 1.29 is 5.21 Å². The highest BCUT2D eigenvalue weighted by molar-refractivity contribution is 6.09. The van der Waals surface area contributed by atoms with Crippen molar-refractivity contribution in [1.29, 1.82) is 0 Å². The molecule has 0 spiro atoms. The zero-order valence-corrected chi connectivity index (χ0v) is 13.6. The summed E-state index contributed by atoms with van der Waals surface area (Å²) in [5, 5.41) is 21.5. The van der Waals surface area contributed by atoms with Crippen molar-refractivity contribution in [3.63, 3.8) is 0 Å². The van der Waals surface area contributed by atoms with Crippen molar-refractivity contribution in [3.05, 3.63) is 71.9 Å². The van der Waals surface area contributed by atoms with E-state index in [4.69, 9.17) is 0 Å². The highest BCUT2D eigenvalue weighted by Gasteiger charge is 2.32.